The van der Waals surface area contributed by atoms with E-state index in [0.29, 0.717) is 0 Å². The summed E-state index contributed by atoms with van der Waals surface area (Å²) in [4.78, 5) is 25.4. The van der Waals surface area contributed by atoms with Crippen LogP contribution in [-0.4, -0.2) is 23.9 Å². The Labute approximate surface area is 71.7 Å². The summed E-state index contributed by atoms with van der Waals surface area (Å²) in [7, 11) is 0. The highest BCUT2D eigenvalue weighted by Crippen LogP contribution is 2.13. The molecule has 0 amide bonds. The molecule has 5 nitrogen and oxygen atoms in total. The van der Waals surface area contributed by atoms with Crippen LogP contribution in [0.1, 0.15) is 0 Å². The maximum atomic E-state index is 9.50. The van der Waals surface area contributed by atoms with Crippen molar-refractivity contribution in [2.24, 2.45) is 9.98 Å². The molecule has 0 rings (SSSR count). The van der Waals surface area contributed by atoms with Crippen LogP contribution in [-0.2, 0) is 13.2 Å². The lowest BCUT2D eigenvalue weighted by Crippen LogP contribution is -1.73. The normalized spacial score (nSPS) is 8.00. The zero-order valence-corrected chi connectivity index (χ0v) is 6.98. The van der Waals surface area contributed by atoms with Crippen molar-refractivity contribution in [3.8, 4) is 0 Å². The van der Waals surface area contributed by atoms with Crippen molar-refractivity contribution in [1.29, 1.82) is 0 Å². The second-order valence-corrected chi connectivity index (χ2v) is 2.59. The number of isocyanates is 2. The lowest BCUT2D eigenvalue weighted by Gasteiger charge is -1.91. The van der Waals surface area contributed by atoms with Crippen LogP contribution in [0.15, 0.2) is 9.98 Å². The van der Waals surface area contributed by atoms with Crippen molar-refractivity contribution < 1.29 is 13.2 Å². The van der Waals surface area contributed by atoms with Crippen molar-refractivity contribution in [3.63, 3.8) is 0 Å². The molecule has 0 N–H and O–H groups in total. The fourth-order valence-electron chi connectivity index (χ4n) is 0.182. The van der Waals surface area contributed by atoms with Crippen LogP contribution in [0.25, 0.3) is 0 Å². The molecular formula is C4H4N2O3S2. The van der Waals surface area contributed by atoms with Crippen LogP contribution in [0.3, 0.4) is 0 Å². The van der Waals surface area contributed by atoms with Gasteiger partial charge in [0.25, 0.3) is 0 Å². The molecule has 0 radical (unpaired) electrons. The van der Waals surface area contributed by atoms with E-state index < -0.39 is 0 Å². The third-order valence-electron chi connectivity index (χ3n) is 0.460. The zero-order valence-electron chi connectivity index (χ0n) is 5.35. The van der Waals surface area contributed by atoms with Gasteiger partial charge < -0.3 is 0 Å². The summed E-state index contributed by atoms with van der Waals surface area (Å²) in [5, 5.41) is 0. The van der Waals surface area contributed by atoms with E-state index in [9.17, 15) is 9.59 Å². The summed E-state index contributed by atoms with van der Waals surface area (Å²) in [5.41, 5.74) is 0. The van der Waals surface area contributed by atoms with Gasteiger partial charge in [-0.2, -0.15) is 9.98 Å². The van der Waals surface area contributed by atoms with E-state index in [2.05, 4.69) is 9.98 Å². The van der Waals surface area contributed by atoms with E-state index in [0.717, 1.165) is 24.1 Å². The molecule has 0 aromatic rings. The summed E-state index contributed by atoms with van der Waals surface area (Å²) < 4.78 is 4.73. The van der Waals surface area contributed by atoms with Gasteiger partial charge in [0.15, 0.2) is 0 Å². The van der Waals surface area contributed by atoms with Crippen molar-refractivity contribution in [2.75, 3.05) is 11.8 Å². The van der Waals surface area contributed by atoms with Gasteiger partial charge in [-0.15, -0.1) is 0 Å². The number of nitrogens with zero attached hydrogens (tertiary/aromatic N) is 2. The summed E-state index contributed by atoms with van der Waals surface area (Å²) in [6.45, 7) is 0. The lowest BCUT2D eigenvalue weighted by atomic mass is 11.4. The topological polar surface area (TPSA) is 68.1 Å². The smallest absolute Gasteiger partial charge is 0.235 e. The zero-order chi connectivity index (χ0) is 8.36. The van der Waals surface area contributed by atoms with Gasteiger partial charge >= 0.3 is 0 Å². The second kappa shape index (κ2) is 9.42. The minimum Gasteiger partial charge on any atom is -0.243 e. The largest absolute Gasteiger partial charge is 0.243 e. The van der Waals surface area contributed by atoms with Crippen LogP contribution in [0.4, 0.5) is 0 Å². The van der Waals surface area contributed by atoms with Crippen LogP contribution in [0, 0.1) is 0 Å². The number of hydrogen-bond acceptors (Lipinski definition) is 7. The summed E-state index contributed by atoms with van der Waals surface area (Å²) in [6, 6.07) is 0. The Kier molecular flexibility index (Phi) is 8.92. The van der Waals surface area contributed by atoms with E-state index in [4.69, 9.17) is 3.63 Å². The van der Waals surface area contributed by atoms with Crippen LogP contribution in [0.2, 0.25) is 0 Å². The van der Waals surface area contributed by atoms with Crippen molar-refractivity contribution >= 4 is 36.2 Å². The Morgan fingerprint density at radius 1 is 1.09 bits per heavy atom. The Morgan fingerprint density at radius 3 is 1.91 bits per heavy atom. The van der Waals surface area contributed by atoms with Crippen LogP contribution >= 0.6 is 24.1 Å². The average molecular weight is 192 g/mol. The van der Waals surface area contributed by atoms with Gasteiger partial charge in [-0.3, -0.25) is 0 Å². The predicted octanol–water partition coefficient (Wildman–Crippen LogP) is 0.886. The molecule has 0 spiro atoms. The van der Waals surface area contributed by atoms with Gasteiger partial charge in [0.1, 0.15) is 11.8 Å². The summed E-state index contributed by atoms with van der Waals surface area (Å²) in [5.74, 6) is 0.391. The molecule has 11 heavy (non-hydrogen) atoms. The molecule has 7 heteroatoms. The summed E-state index contributed by atoms with van der Waals surface area (Å²) in [6.07, 6.45) is 2.70. The van der Waals surface area contributed by atoms with Crippen LogP contribution in [0.5, 0.6) is 0 Å². The first kappa shape index (κ1) is 10.4. The van der Waals surface area contributed by atoms with Gasteiger partial charge in [-0.05, 0) is 0 Å². The quantitative estimate of drug-likeness (QED) is 0.270. The maximum Gasteiger partial charge on any atom is 0.235 e. The van der Waals surface area contributed by atoms with Crippen molar-refractivity contribution in [2.45, 2.75) is 0 Å². The third-order valence-corrected chi connectivity index (χ3v) is 1.70. The molecule has 60 valence electrons. The van der Waals surface area contributed by atoms with E-state index in [1.807, 2.05) is 0 Å². The molecule has 0 heterocycles. The van der Waals surface area contributed by atoms with E-state index in [1.54, 1.807) is 0 Å². The molecule has 0 aromatic carbocycles. The van der Waals surface area contributed by atoms with E-state index in [1.165, 1.54) is 12.2 Å². The standard InChI is InChI=1S/C4H4N2O3S2/c7-1-5-3-10-9-11-4-6-2-8/h3-4H2. The van der Waals surface area contributed by atoms with Gasteiger partial charge in [-0.25, -0.2) is 13.2 Å². The number of rotatable bonds is 6. The molecule has 0 aliphatic carbocycles. The fraction of sp³-hybridized carbons (Fsp3) is 0.500. The summed E-state index contributed by atoms with van der Waals surface area (Å²) >= 11 is 1.94. The minimum absolute atomic E-state index is 0.196. The molecular weight excluding hydrogens is 188 g/mol. The highest BCUT2D eigenvalue weighted by molar-refractivity contribution is 8.07. The fourth-order valence-corrected chi connectivity index (χ4v) is 1.01. The lowest BCUT2D eigenvalue weighted by molar-refractivity contribution is 0.563. The Bertz CT molecular complexity index is 166. The molecule has 0 saturated carbocycles. The third kappa shape index (κ3) is 9.42. The van der Waals surface area contributed by atoms with Gasteiger partial charge in [-0.1, -0.05) is 0 Å². The van der Waals surface area contributed by atoms with Gasteiger partial charge in [0.2, 0.25) is 12.2 Å². The Balaban J connectivity index is 3.02. The number of aliphatic imine (C=N–C) groups is 2. The molecule has 0 atom stereocenters. The SMILES string of the molecule is O=C=NCSOSCN=C=O. The van der Waals surface area contributed by atoms with Crippen molar-refractivity contribution in [1.82, 2.24) is 0 Å². The molecule has 0 aliphatic heterocycles. The highest BCUT2D eigenvalue weighted by Gasteiger charge is 1.86. The molecule has 0 saturated heterocycles. The number of carbonyl (C=O) groups excluding carboxylic acids is 2. The Morgan fingerprint density at radius 2 is 1.55 bits per heavy atom. The second-order valence-electron chi connectivity index (χ2n) is 1.06. The molecule has 0 aliphatic rings. The monoisotopic (exact) mass is 192 g/mol. The van der Waals surface area contributed by atoms with Gasteiger partial charge in [0, 0.05) is 24.1 Å². The first-order chi connectivity index (χ1) is 5.41. The molecule has 0 unspecified atom stereocenters. The average Bonchev–Trinajstić information content (AvgIpc) is 2.03. The number of hydrogen-bond donors (Lipinski definition) is 0. The molecule has 0 fully saturated rings. The molecule has 0 aromatic heterocycles. The van der Waals surface area contributed by atoms with E-state index >= 15 is 0 Å². The van der Waals surface area contributed by atoms with Crippen LogP contribution < -0.4 is 0 Å². The first-order valence-electron chi connectivity index (χ1n) is 2.40. The predicted molar refractivity (Wildman–Crippen MR) is 42.2 cm³/mol. The first-order valence-corrected chi connectivity index (χ1v) is 4.22. The minimum atomic E-state index is 0.196. The highest BCUT2D eigenvalue weighted by atomic mass is 32.2. The van der Waals surface area contributed by atoms with Gasteiger partial charge in [0.05, 0.1) is 0 Å². The maximum absolute atomic E-state index is 9.50. The molecule has 0 bridgehead atoms. The Hall–Kier alpha value is -0.580. The van der Waals surface area contributed by atoms with E-state index in [-0.39, 0.29) is 11.8 Å². The van der Waals surface area contributed by atoms with Crippen molar-refractivity contribution in [3.05, 3.63) is 0 Å².